The normalized spacial score (nSPS) is 12.2. The van der Waals surface area contributed by atoms with Crippen LogP contribution in [0.4, 0.5) is 5.69 Å². The number of hydrogen-bond acceptors (Lipinski definition) is 3. The number of rotatable bonds is 4. The van der Waals surface area contributed by atoms with E-state index in [1.165, 1.54) is 0 Å². The maximum atomic E-state index is 10.4. The molecule has 1 aromatic carbocycles. The minimum absolute atomic E-state index is 0.00731. The molecule has 0 heterocycles. The fourth-order valence-electron chi connectivity index (χ4n) is 1.09. The van der Waals surface area contributed by atoms with Crippen molar-refractivity contribution in [2.75, 3.05) is 11.9 Å². The van der Waals surface area contributed by atoms with Crippen molar-refractivity contribution in [2.24, 2.45) is 0 Å². The lowest BCUT2D eigenvalue weighted by molar-refractivity contribution is -0.145. The van der Waals surface area contributed by atoms with E-state index in [0.29, 0.717) is 0 Å². The fourth-order valence-corrected chi connectivity index (χ4v) is 1.46. The van der Waals surface area contributed by atoms with E-state index in [1.807, 2.05) is 25.1 Å². The summed E-state index contributed by atoms with van der Waals surface area (Å²) in [7, 11) is 0. The number of nitrogens with one attached hydrogen (secondary N) is 1. The predicted molar refractivity (Wildman–Crippen MR) is 61.0 cm³/mol. The summed E-state index contributed by atoms with van der Waals surface area (Å²) in [6, 6.07) is 5.56. The molecule has 0 aliphatic heterocycles. The highest BCUT2D eigenvalue weighted by Crippen LogP contribution is 2.23. The summed E-state index contributed by atoms with van der Waals surface area (Å²) in [4.78, 5) is 10.4. The molecule has 0 saturated heterocycles. The largest absolute Gasteiger partial charge is 0.479 e. The number of aliphatic hydroxyl groups is 1. The Morgan fingerprint density at radius 1 is 1.60 bits per heavy atom. The van der Waals surface area contributed by atoms with Gasteiger partial charge in [-0.05, 0) is 24.6 Å². The van der Waals surface area contributed by atoms with E-state index < -0.39 is 12.1 Å². The lowest BCUT2D eigenvalue weighted by atomic mass is 10.2. The van der Waals surface area contributed by atoms with Gasteiger partial charge in [0.25, 0.3) is 0 Å². The van der Waals surface area contributed by atoms with E-state index in [0.717, 1.165) is 15.7 Å². The zero-order valence-corrected chi connectivity index (χ0v) is 9.78. The van der Waals surface area contributed by atoms with Gasteiger partial charge in [0, 0.05) is 10.2 Å². The maximum Gasteiger partial charge on any atom is 0.334 e. The van der Waals surface area contributed by atoms with E-state index in [9.17, 15) is 4.79 Å². The van der Waals surface area contributed by atoms with Crippen LogP contribution in [0.3, 0.4) is 0 Å². The van der Waals surface area contributed by atoms with Crippen LogP contribution in [0.25, 0.3) is 0 Å². The van der Waals surface area contributed by atoms with E-state index in [1.54, 1.807) is 0 Å². The standard InChI is InChI=1S/C10H12BrNO3/c1-6-7(11)3-2-4-8(6)12-5-9(13)10(14)15/h2-4,9,12-13H,5H2,1H3,(H,14,15). The average molecular weight is 274 g/mol. The van der Waals surface area contributed by atoms with Crippen LogP contribution in [0.15, 0.2) is 22.7 Å². The van der Waals surface area contributed by atoms with E-state index in [2.05, 4.69) is 21.2 Å². The van der Waals surface area contributed by atoms with Crippen LogP contribution >= 0.6 is 15.9 Å². The molecule has 5 heteroatoms. The third-order valence-corrected chi connectivity index (χ3v) is 2.90. The Bertz CT molecular complexity index is 368. The Hall–Kier alpha value is -1.07. The van der Waals surface area contributed by atoms with Gasteiger partial charge in [0.1, 0.15) is 0 Å². The molecule has 1 atom stereocenters. The maximum absolute atomic E-state index is 10.4. The third kappa shape index (κ3) is 3.21. The van der Waals surface area contributed by atoms with E-state index in [4.69, 9.17) is 10.2 Å². The van der Waals surface area contributed by atoms with Gasteiger partial charge in [-0.25, -0.2) is 4.79 Å². The Labute approximate surface area is 96.1 Å². The number of halogens is 1. The van der Waals surface area contributed by atoms with Gasteiger partial charge in [-0.15, -0.1) is 0 Å². The highest BCUT2D eigenvalue weighted by atomic mass is 79.9. The Kier molecular flexibility index (Phi) is 4.11. The summed E-state index contributed by atoms with van der Waals surface area (Å²) in [5.41, 5.74) is 1.79. The second kappa shape index (κ2) is 5.14. The first-order valence-corrected chi connectivity index (χ1v) is 5.21. The van der Waals surface area contributed by atoms with Gasteiger partial charge in [-0.3, -0.25) is 0 Å². The molecule has 0 saturated carbocycles. The highest BCUT2D eigenvalue weighted by Gasteiger charge is 2.12. The van der Waals surface area contributed by atoms with Crippen molar-refractivity contribution in [1.29, 1.82) is 0 Å². The Balaban J connectivity index is 2.66. The Morgan fingerprint density at radius 3 is 2.87 bits per heavy atom. The van der Waals surface area contributed by atoms with Gasteiger partial charge < -0.3 is 15.5 Å². The first kappa shape index (κ1) is 12.0. The summed E-state index contributed by atoms with van der Waals surface area (Å²) in [5, 5.41) is 20.4. The molecule has 0 spiro atoms. The molecule has 3 N–H and O–H groups in total. The monoisotopic (exact) mass is 273 g/mol. The molecule has 0 amide bonds. The summed E-state index contributed by atoms with van der Waals surface area (Å²) >= 11 is 3.36. The molecule has 0 aliphatic rings. The van der Waals surface area contributed by atoms with Crippen LogP contribution in [-0.2, 0) is 4.79 Å². The zero-order chi connectivity index (χ0) is 11.4. The van der Waals surface area contributed by atoms with Gasteiger partial charge in [-0.1, -0.05) is 22.0 Å². The smallest absolute Gasteiger partial charge is 0.334 e. The number of carbonyl (C=O) groups is 1. The molecule has 0 aromatic heterocycles. The molecule has 1 rings (SSSR count). The molecule has 0 fully saturated rings. The summed E-state index contributed by atoms with van der Waals surface area (Å²) in [5.74, 6) is -1.23. The lowest BCUT2D eigenvalue weighted by Gasteiger charge is -2.12. The molecule has 15 heavy (non-hydrogen) atoms. The van der Waals surface area contributed by atoms with E-state index >= 15 is 0 Å². The van der Waals surface area contributed by atoms with Crippen LogP contribution in [0.2, 0.25) is 0 Å². The van der Waals surface area contributed by atoms with Crippen molar-refractivity contribution in [1.82, 2.24) is 0 Å². The van der Waals surface area contributed by atoms with Crippen LogP contribution in [0, 0.1) is 6.92 Å². The van der Waals surface area contributed by atoms with Crippen LogP contribution in [0.1, 0.15) is 5.56 Å². The first-order valence-electron chi connectivity index (χ1n) is 4.42. The fraction of sp³-hybridized carbons (Fsp3) is 0.300. The molecule has 1 unspecified atom stereocenters. The van der Waals surface area contributed by atoms with Gasteiger partial charge in [0.05, 0.1) is 6.54 Å². The molecule has 0 radical (unpaired) electrons. The quantitative estimate of drug-likeness (QED) is 0.780. The van der Waals surface area contributed by atoms with Crippen molar-refractivity contribution in [3.63, 3.8) is 0 Å². The van der Waals surface area contributed by atoms with Crippen molar-refractivity contribution < 1.29 is 15.0 Å². The lowest BCUT2D eigenvalue weighted by Crippen LogP contribution is -2.28. The molecular formula is C10H12BrNO3. The average Bonchev–Trinajstić information content (AvgIpc) is 2.19. The van der Waals surface area contributed by atoms with Crippen LogP contribution in [-0.4, -0.2) is 28.8 Å². The van der Waals surface area contributed by atoms with E-state index in [-0.39, 0.29) is 6.54 Å². The molecule has 0 aliphatic carbocycles. The number of carboxylic acids is 1. The predicted octanol–water partition coefficient (Wildman–Crippen LogP) is 1.61. The van der Waals surface area contributed by atoms with Gasteiger partial charge >= 0.3 is 5.97 Å². The number of hydrogen-bond donors (Lipinski definition) is 3. The van der Waals surface area contributed by atoms with Gasteiger partial charge in [0.2, 0.25) is 0 Å². The number of benzene rings is 1. The zero-order valence-electron chi connectivity index (χ0n) is 8.20. The van der Waals surface area contributed by atoms with Crippen LogP contribution in [0.5, 0.6) is 0 Å². The van der Waals surface area contributed by atoms with Crippen molar-refractivity contribution in [3.05, 3.63) is 28.2 Å². The molecule has 0 bridgehead atoms. The highest BCUT2D eigenvalue weighted by molar-refractivity contribution is 9.10. The van der Waals surface area contributed by atoms with Gasteiger partial charge in [-0.2, -0.15) is 0 Å². The Morgan fingerprint density at radius 2 is 2.27 bits per heavy atom. The first-order chi connectivity index (χ1) is 7.02. The second-order valence-corrected chi connectivity index (χ2v) is 4.00. The topological polar surface area (TPSA) is 69.6 Å². The SMILES string of the molecule is Cc1c(Br)cccc1NCC(O)C(=O)O. The number of aliphatic hydroxyl groups excluding tert-OH is 1. The minimum Gasteiger partial charge on any atom is -0.479 e. The van der Waals surface area contributed by atoms with Gasteiger partial charge in [0.15, 0.2) is 6.10 Å². The summed E-state index contributed by atoms with van der Waals surface area (Å²) in [6.45, 7) is 1.90. The molecule has 4 nitrogen and oxygen atoms in total. The minimum atomic E-state index is -1.39. The molecule has 82 valence electrons. The van der Waals surface area contributed by atoms with Crippen molar-refractivity contribution in [3.8, 4) is 0 Å². The van der Waals surface area contributed by atoms with Crippen LogP contribution < -0.4 is 5.32 Å². The number of aliphatic carboxylic acids is 1. The number of anilines is 1. The van der Waals surface area contributed by atoms with Crippen molar-refractivity contribution >= 4 is 27.6 Å². The summed E-state index contributed by atoms with van der Waals surface area (Å²) < 4.78 is 0.942. The third-order valence-electron chi connectivity index (χ3n) is 2.04. The second-order valence-electron chi connectivity index (χ2n) is 3.15. The number of carboxylic acid groups (broad SMARTS) is 1. The molecule has 1 aromatic rings. The molecular weight excluding hydrogens is 262 g/mol. The van der Waals surface area contributed by atoms with Crippen molar-refractivity contribution in [2.45, 2.75) is 13.0 Å². The summed E-state index contributed by atoms with van der Waals surface area (Å²) in [6.07, 6.45) is -1.39.